The van der Waals surface area contributed by atoms with Crippen LogP contribution in [0, 0.1) is 11.7 Å². The molecule has 2 atom stereocenters. The lowest BCUT2D eigenvalue weighted by Crippen LogP contribution is -2.55. The predicted octanol–water partition coefficient (Wildman–Crippen LogP) is 3.14. The first-order valence-electron chi connectivity index (χ1n) is 12.6. The van der Waals surface area contributed by atoms with Gasteiger partial charge in [0.15, 0.2) is 5.82 Å². The summed E-state index contributed by atoms with van der Waals surface area (Å²) in [6, 6.07) is 10.6. The van der Waals surface area contributed by atoms with E-state index in [1.165, 1.54) is 6.07 Å². The molecule has 0 radical (unpaired) electrons. The fourth-order valence-corrected chi connectivity index (χ4v) is 6.71. The van der Waals surface area contributed by atoms with Crippen molar-refractivity contribution in [1.29, 1.82) is 0 Å². The van der Waals surface area contributed by atoms with E-state index in [2.05, 4.69) is 24.5 Å². The van der Waals surface area contributed by atoms with Crippen LogP contribution in [0.25, 0.3) is 0 Å². The Bertz CT molecular complexity index is 1080. The summed E-state index contributed by atoms with van der Waals surface area (Å²) >= 11 is 0. The summed E-state index contributed by atoms with van der Waals surface area (Å²) in [4.78, 5) is 2.15. The molecule has 35 heavy (non-hydrogen) atoms. The monoisotopic (exact) mass is 503 g/mol. The quantitative estimate of drug-likeness (QED) is 0.546. The molecule has 0 spiro atoms. The van der Waals surface area contributed by atoms with Gasteiger partial charge in [0.2, 0.25) is 0 Å². The molecular weight excluding hydrogens is 469 g/mol. The third kappa shape index (κ3) is 6.75. The van der Waals surface area contributed by atoms with E-state index in [0.717, 1.165) is 49.9 Å². The second kappa shape index (κ2) is 10.9. The molecular formula is C25H34FN5O3S. The van der Waals surface area contributed by atoms with Crippen molar-refractivity contribution in [3.8, 4) is 0 Å². The molecule has 5 rings (SSSR count). The number of hydrogen-bond donors (Lipinski definition) is 2. The summed E-state index contributed by atoms with van der Waals surface area (Å²) in [7, 11) is -3.55. The van der Waals surface area contributed by atoms with Crippen LogP contribution >= 0.6 is 0 Å². The zero-order valence-electron chi connectivity index (χ0n) is 19.9. The Balaban J connectivity index is 1.19. The summed E-state index contributed by atoms with van der Waals surface area (Å²) in [5, 5.41) is 8.23. The SMILES string of the molecule is O=S(=O)(NC1CC1)N[C@H]1CCN(c2cccnn2)C[C@H]1COC1CCC(c2cccc(F)c2)CC1. The third-order valence-electron chi connectivity index (χ3n) is 7.36. The lowest BCUT2D eigenvalue weighted by atomic mass is 9.82. The van der Waals surface area contributed by atoms with Crippen molar-refractivity contribution in [2.45, 2.75) is 69.1 Å². The molecule has 0 unspecified atom stereocenters. The van der Waals surface area contributed by atoms with Gasteiger partial charge in [0, 0.05) is 37.3 Å². The largest absolute Gasteiger partial charge is 0.378 e. The Labute approximate surface area is 206 Å². The first kappa shape index (κ1) is 24.5. The van der Waals surface area contributed by atoms with Gasteiger partial charge in [-0.25, -0.2) is 4.39 Å². The summed E-state index contributed by atoms with van der Waals surface area (Å²) in [6.07, 6.45) is 8.01. The number of hydrogen-bond acceptors (Lipinski definition) is 6. The molecule has 2 heterocycles. The van der Waals surface area contributed by atoms with Crippen molar-refractivity contribution in [2.24, 2.45) is 5.92 Å². The number of ether oxygens (including phenoxy) is 1. The smallest absolute Gasteiger partial charge is 0.277 e. The Kier molecular flexibility index (Phi) is 7.62. The van der Waals surface area contributed by atoms with Crippen LogP contribution in [0.15, 0.2) is 42.6 Å². The molecule has 10 heteroatoms. The number of benzene rings is 1. The van der Waals surface area contributed by atoms with E-state index in [9.17, 15) is 12.8 Å². The second-order valence-corrected chi connectivity index (χ2v) is 11.5. The molecule has 2 saturated carbocycles. The van der Waals surface area contributed by atoms with Crippen molar-refractivity contribution in [1.82, 2.24) is 19.6 Å². The maximum Gasteiger partial charge on any atom is 0.277 e. The zero-order valence-corrected chi connectivity index (χ0v) is 20.7. The molecule has 2 aliphatic carbocycles. The van der Waals surface area contributed by atoms with E-state index in [1.807, 2.05) is 18.2 Å². The van der Waals surface area contributed by atoms with E-state index < -0.39 is 10.2 Å². The number of nitrogens with one attached hydrogen (secondary N) is 2. The fraction of sp³-hybridized carbons (Fsp3) is 0.600. The van der Waals surface area contributed by atoms with E-state index in [0.29, 0.717) is 32.0 Å². The molecule has 2 aromatic rings. The number of halogens is 1. The lowest BCUT2D eigenvalue weighted by molar-refractivity contribution is -0.00218. The van der Waals surface area contributed by atoms with E-state index in [4.69, 9.17) is 4.74 Å². The van der Waals surface area contributed by atoms with Gasteiger partial charge < -0.3 is 9.64 Å². The van der Waals surface area contributed by atoms with Gasteiger partial charge in [-0.15, -0.1) is 5.10 Å². The molecule has 0 amide bonds. The topological polar surface area (TPSA) is 96.5 Å². The first-order valence-corrected chi connectivity index (χ1v) is 14.1. The third-order valence-corrected chi connectivity index (χ3v) is 8.62. The van der Waals surface area contributed by atoms with Gasteiger partial charge in [0.05, 0.1) is 12.7 Å². The van der Waals surface area contributed by atoms with Crippen molar-refractivity contribution in [3.63, 3.8) is 0 Å². The van der Waals surface area contributed by atoms with E-state index in [-0.39, 0.29) is 29.9 Å². The van der Waals surface area contributed by atoms with Crippen LogP contribution in [-0.4, -0.2) is 56.5 Å². The summed E-state index contributed by atoms with van der Waals surface area (Å²) in [5.74, 6) is 0.962. The Morgan fingerprint density at radius 3 is 2.57 bits per heavy atom. The molecule has 1 aromatic heterocycles. The predicted molar refractivity (Wildman–Crippen MR) is 132 cm³/mol. The molecule has 3 fully saturated rings. The highest BCUT2D eigenvalue weighted by Crippen LogP contribution is 2.35. The standard InChI is InChI=1S/C25H34FN5O3S/c26-21-4-1-3-19(15-21)18-6-10-23(11-7-18)34-17-20-16-31(25-5-2-13-27-28-25)14-12-24(20)30-35(32,33)29-22-8-9-22/h1-5,13,15,18,20,22-24,29-30H,6-12,14,16-17H2/t18?,20-,23?,24-/m0/s1. The Morgan fingerprint density at radius 2 is 1.86 bits per heavy atom. The van der Waals surface area contributed by atoms with Gasteiger partial charge in [0.25, 0.3) is 10.2 Å². The Hall–Kier alpha value is -2.14. The number of nitrogens with zero attached hydrogens (tertiary/aromatic N) is 3. The molecule has 2 N–H and O–H groups in total. The number of rotatable bonds is 9. The van der Waals surface area contributed by atoms with Crippen LogP contribution in [0.5, 0.6) is 0 Å². The van der Waals surface area contributed by atoms with Crippen molar-refractivity contribution < 1.29 is 17.5 Å². The van der Waals surface area contributed by atoms with Crippen LogP contribution in [0.4, 0.5) is 10.2 Å². The van der Waals surface area contributed by atoms with Crippen molar-refractivity contribution in [3.05, 3.63) is 54.0 Å². The average Bonchev–Trinajstić information content (AvgIpc) is 3.67. The minimum absolute atomic E-state index is 0.0116. The normalized spacial score (nSPS) is 27.6. The molecule has 1 saturated heterocycles. The van der Waals surface area contributed by atoms with Crippen LogP contribution in [0.2, 0.25) is 0 Å². The lowest BCUT2D eigenvalue weighted by Gasteiger charge is -2.40. The highest BCUT2D eigenvalue weighted by atomic mass is 32.2. The van der Waals surface area contributed by atoms with Gasteiger partial charge in [-0.1, -0.05) is 12.1 Å². The molecule has 190 valence electrons. The summed E-state index contributed by atoms with van der Waals surface area (Å²) in [5.41, 5.74) is 1.06. The van der Waals surface area contributed by atoms with Crippen molar-refractivity contribution >= 4 is 16.0 Å². The maximum absolute atomic E-state index is 13.6. The van der Waals surface area contributed by atoms with Crippen LogP contribution in [0.1, 0.15) is 56.4 Å². The van der Waals surface area contributed by atoms with Gasteiger partial charge in [-0.3, -0.25) is 0 Å². The average molecular weight is 504 g/mol. The number of aromatic nitrogens is 2. The zero-order chi connectivity index (χ0) is 24.3. The van der Waals surface area contributed by atoms with Crippen LogP contribution in [-0.2, 0) is 14.9 Å². The molecule has 0 bridgehead atoms. The fourth-order valence-electron chi connectivity index (χ4n) is 5.26. The minimum atomic E-state index is -3.55. The van der Waals surface area contributed by atoms with Gasteiger partial charge >= 0.3 is 0 Å². The van der Waals surface area contributed by atoms with Crippen molar-refractivity contribution in [2.75, 3.05) is 24.6 Å². The Morgan fingerprint density at radius 1 is 1.03 bits per heavy atom. The van der Waals surface area contributed by atoms with Crippen LogP contribution in [0.3, 0.4) is 0 Å². The van der Waals surface area contributed by atoms with E-state index in [1.54, 1.807) is 18.3 Å². The van der Waals surface area contributed by atoms with Gasteiger partial charge in [-0.2, -0.15) is 23.0 Å². The first-order chi connectivity index (χ1) is 16.9. The van der Waals surface area contributed by atoms with Crippen LogP contribution < -0.4 is 14.3 Å². The molecule has 1 aromatic carbocycles. The second-order valence-electron chi connectivity index (χ2n) is 10.1. The maximum atomic E-state index is 13.6. The summed E-state index contributed by atoms with van der Waals surface area (Å²) < 4.78 is 50.8. The van der Waals surface area contributed by atoms with Gasteiger partial charge in [0.1, 0.15) is 5.82 Å². The summed E-state index contributed by atoms with van der Waals surface area (Å²) in [6.45, 7) is 1.82. The highest BCUT2D eigenvalue weighted by Gasteiger charge is 2.36. The molecule has 3 aliphatic rings. The number of piperidine rings is 1. The highest BCUT2D eigenvalue weighted by molar-refractivity contribution is 7.87. The number of anilines is 1. The molecule has 8 nitrogen and oxygen atoms in total. The van der Waals surface area contributed by atoms with Gasteiger partial charge in [-0.05, 0) is 80.7 Å². The molecule has 1 aliphatic heterocycles. The minimum Gasteiger partial charge on any atom is -0.378 e. The van der Waals surface area contributed by atoms with E-state index >= 15 is 0 Å².